The molecule has 5 heteroatoms. The third-order valence-corrected chi connectivity index (χ3v) is 22.1. The normalized spacial score (nSPS) is 22.2. The SMILES string of the molecule is CC(C)(C)c1cc2c3c(c1)C1(C)CCCCC1(C)N3c1cc(-c3ccccc3)cc3c1B2c1ccc(N(c2ccc4c(c2)C(C)(C)CCC4(C)C)c2ccc4c(c2)C(C)(C)CCC4(C)C)cc1N3c1ccc2oc3ccccc3c2c1. The van der Waals surface area contributed by atoms with Gasteiger partial charge in [0.1, 0.15) is 11.2 Å². The van der Waals surface area contributed by atoms with E-state index in [9.17, 15) is 0 Å². The Hall–Kier alpha value is -6.98. The van der Waals surface area contributed by atoms with Gasteiger partial charge in [-0.15, -0.1) is 0 Å². The van der Waals surface area contributed by atoms with Crippen LogP contribution < -0.4 is 31.1 Å². The molecule has 3 aliphatic heterocycles. The van der Waals surface area contributed by atoms with Gasteiger partial charge in [0.15, 0.2) is 0 Å². The number of rotatable bonds is 5. The molecular formula is C76H80BN3O. The highest BCUT2D eigenvalue weighted by molar-refractivity contribution is 7.00. The van der Waals surface area contributed by atoms with Crippen molar-refractivity contribution in [3.63, 3.8) is 0 Å². The Bertz CT molecular complexity index is 4050. The lowest BCUT2D eigenvalue weighted by molar-refractivity contribution is 0.195. The van der Waals surface area contributed by atoms with Crippen molar-refractivity contribution in [3.8, 4) is 11.1 Å². The van der Waals surface area contributed by atoms with Crippen LogP contribution in [0, 0.1) is 0 Å². The van der Waals surface area contributed by atoms with Crippen molar-refractivity contribution >= 4 is 90.5 Å². The molecule has 0 spiro atoms. The van der Waals surface area contributed by atoms with Gasteiger partial charge in [-0.25, -0.2) is 0 Å². The molecule has 4 nitrogen and oxygen atoms in total. The second-order valence-electron chi connectivity index (χ2n) is 29.8. The minimum atomic E-state index is -0.117. The fourth-order valence-electron chi connectivity index (χ4n) is 16.7. The monoisotopic (exact) mass is 1060 g/mol. The van der Waals surface area contributed by atoms with Crippen LogP contribution in [0.1, 0.15) is 175 Å². The number of benzene rings is 8. The Morgan fingerprint density at radius 3 is 1.70 bits per heavy atom. The summed E-state index contributed by atoms with van der Waals surface area (Å²) in [5.41, 5.74) is 27.5. The Balaban J connectivity index is 1.05. The third-order valence-electron chi connectivity index (χ3n) is 22.1. The van der Waals surface area contributed by atoms with Gasteiger partial charge in [0.25, 0.3) is 6.71 Å². The first-order valence-electron chi connectivity index (χ1n) is 30.7. The van der Waals surface area contributed by atoms with Gasteiger partial charge < -0.3 is 19.1 Å². The van der Waals surface area contributed by atoms with E-state index in [0.29, 0.717) is 0 Å². The van der Waals surface area contributed by atoms with Crippen LogP contribution in [0.5, 0.6) is 0 Å². The largest absolute Gasteiger partial charge is 0.456 e. The van der Waals surface area contributed by atoms with Crippen LogP contribution in [0.2, 0.25) is 0 Å². The molecule has 81 heavy (non-hydrogen) atoms. The molecule has 408 valence electrons. The van der Waals surface area contributed by atoms with Crippen molar-refractivity contribution in [2.45, 2.75) is 179 Å². The second-order valence-corrected chi connectivity index (χ2v) is 29.8. The molecule has 4 heterocycles. The molecule has 3 aliphatic carbocycles. The molecule has 1 fully saturated rings. The average Bonchev–Trinajstić information content (AvgIpc) is 3.72. The van der Waals surface area contributed by atoms with Crippen molar-refractivity contribution < 1.29 is 4.42 Å². The highest BCUT2D eigenvalue weighted by Gasteiger charge is 2.62. The Morgan fingerprint density at radius 1 is 0.457 bits per heavy atom. The van der Waals surface area contributed by atoms with Gasteiger partial charge in [0.2, 0.25) is 0 Å². The van der Waals surface area contributed by atoms with Gasteiger partial charge in [0, 0.05) is 61.7 Å². The van der Waals surface area contributed by atoms with Crippen molar-refractivity contribution in [2.75, 3.05) is 14.7 Å². The molecule has 0 radical (unpaired) electrons. The zero-order chi connectivity index (χ0) is 56.1. The molecule has 9 aromatic rings. The molecule has 0 N–H and O–H groups in total. The summed E-state index contributed by atoms with van der Waals surface area (Å²) in [6.07, 6.45) is 9.49. The number of hydrogen-bond acceptors (Lipinski definition) is 4. The van der Waals surface area contributed by atoms with Gasteiger partial charge in [0.05, 0.1) is 5.54 Å². The van der Waals surface area contributed by atoms with Crippen LogP contribution in [-0.2, 0) is 32.5 Å². The predicted molar refractivity (Wildman–Crippen MR) is 345 cm³/mol. The van der Waals surface area contributed by atoms with Crippen LogP contribution in [-0.4, -0.2) is 12.3 Å². The smallest absolute Gasteiger partial charge is 0.252 e. The Morgan fingerprint density at radius 2 is 1.04 bits per heavy atom. The number of furan rings is 1. The number of nitrogens with zero attached hydrogens (tertiary/aromatic N) is 3. The van der Waals surface area contributed by atoms with E-state index in [-0.39, 0.29) is 44.7 Å². The molecule has 0 amide bonds. The Labute approximate surface area is 482 Å². The summed E-state index contributed by atoms with van der Waals surface area (Å²) in [5.74, 6) is 0. The molecule has 0 saturated heterocycles. The van der Waals surface area contributed by atoms with Crippen molar-refractivity contribution in [1.29, 1.82) is 0 Å². The number of fused-ring (bicyclic) bond motifs is 12. The van der Waals surface area contributed by atoms with Crippen LogP contribution in [0.4, 0.5) is 45.5 Å². The van der Waals surface area contributed by atoms with Gasteiger partial charge in [-0.05, 0) is 206 Å². The minimum Gasteiger partial charge on any atom is -0.456 e. The maximum absolute atomic E-state index is 6.61. The van der Waals surface area contributed by atoms with E-state index in [1.54, 1.807) is 5.56 Å². The van der Waals surface area contributed by atoms with E-state index in [1.165, 1.54) is 122 Å². The zero-order valence-electron chi connectivity index (χ0n) is 50.4. The predicted octanol–water partition coefficient (Wildman–Crippen LogP) is 19.1. The number of anilines is 8. The molecule has 1 aromatic heterocycles. The van der Waals surface area contributed by atoms with Crippen LogP contribution in [0.3, 0.4) is 0 Å². The van der Waals surface area contributed by atoms with Gasteiger partial charge in [-0.2, -0.15) is 0 Å². The first-order chi connectivity index (χ1) is 38.5. The van der Waals surface area contributed by atoms with Gasteiger partial charge in [-0.3, -0.25) is 0 Å². The van der Waals surface area contributed by atoms with Crippen LogP contribution in [0.25, 0.3) is 33.1 Å². The summed E-state index contributed by atoms with van der Waals surface area (Å²) in [7, 11) is 0. The van der Waals surface area contributed by atoms with E-state index < -0.39 is 0 Å². The highest BCUT2D eigenvalue weighted by atomic mass is 16.3. The van der Waals surface area contributed by atoms with Gasteiger partial charge >= 0.3 is 0 Å². The Kier molecular flexibility index (Phi) is 10.6. The quantitative estimate of drug-likeness (QED) is 0.160. The second kappa shape index (κ2) is 16.8. The van der Waals surface area contributed by atoms with E-state index in [1.807, 2.05) is 0 Å². The molecular weight excluding hydrogens is 982 g/mol. The molecule has 6 aliphatic rings. The summed E-state index contributed by atoms with van der Waals surface area (Å²) < 4.78 is 6.61. The minimum absolute atomic E-state index is 0.00902. The van der Waals surface area contributed by atoms with Crippen molar-refractivity contribution in [3.05, 3.63) is 185 Å². The molecule has 2 atom stereocenters. The number of para-hydroxylation sites is 1. The van der Waals surface area contributed by atoms with Gasteiger partial charge in [-0.1, -0.05) is 175 Å². The summed E-state index contributed by atoms with van der Waals surface area (Å²) in [5, 5.41) is 2.27. The highest BCUT2D eigenvalue weighted by Crippen LogP contribution is 2.63. The molecule has 2 unspecified atom stereocenters. The summed E-state index contributed by atoms with van der Waals surface area (Å²) in [6.45, 7) is 32.2. The third kappa shape index (κ3) is 7.21. The first kappa shape index (κ1) is 50.9. The number of hydrogen-bond donors (Lipinski definition) is 0. The lowest BCUT2D eigenvalue weighted by Crippen LogP contribution is -2.64. The maximum Gasteiger partial charge on any atom is 0.252 e. The maximum atomic E-state index is 6.61. The lowest BCUT2D eigenvalue weighted by Gasteiger charge is -2.53. The van der Waals surface area contributed by atoms with E-state index in [2.05, 4.69) is 256 Å². The van der Waals surface area contributed by atoms with E-state index in [0.717, 1.165) is 52.6 Å². The van der Waals surface area contributed by atoms with Crippen molar-refractivity contribution in [2.24, 2.45) is 0 Å². The topological polar surface area (TPSA) is 22.9 Å². The first-order valence-corrected chi connectivity index (χ1v) is 30.7. The molecule has 15 rings (SSSR count). The fourth-order valence-corrected chi connectivity index (χ4v) is 16.7. The molecule has 0 bridgehead atoms. The summed E-state index contributed by atoms with van der Waals surface area (Å²) in [6, 6.07) is 59.7. The molecule has 8 aromatic carbocycles. The standard InChI is InChI=1S/C76H80BN3O/c1-70(2,3)49-41-60-69-62(42-49)77-61-31-27-53(78(51-25-29-56-58(44-51)73(8,9)37-35-71(56,4)5)52-26-30-57-59(45-52)74(10,11)38-36-72(57,6)7)46-63(61)79(50-28-32-67-55(43-50)54-23-17-18-24-66(54)81-67)64-39-48(47-21-15-14-16-22-47)40-65(68(64)77)80(69)76(13)34-20-19-33-75(60,76)12/h14-18,21-32,39-46H,19-20,33-38H2,1-13H3. The van der Waals surface area contributed by atoms with Crippen LogP contribution >= 0.6 is 0 Å². The fraction of sp³-hybridized carbons (Fsp3) is 0.368. The van der Waals surface area contributed by atoms with E-state index in [4.69, 9.17) is 4.42 Å². The zero-order valence-corrected chi connectivity index (χ0v) is 50.4. The van der Waals surface area contributed by atoms with Crippen molar-refractivity contribution in [1.82, 2.24) is 0 Å². The lowest BCUT2D eigenvalue weighted by atomic mass is 9.33. The van der Waals surface area contributed by atoms with Crippen LogP contribution in [0.15, 0.2) is 156 Å². The molecule has 1 saturated carbocycles. The van der Waals surface area contributed by atoms with E-state index >= 15 is 0 Å². The summed E-state index contributed by atoms with van der Waals surface area (Å²) >= 11 is 0. The average molecular weight is 1060 g/mol. The summed E-state index contributed by atoms with van der Waals surface area (Å²) in [4.78, 5) is 8.18.